The van der Waals surface area contributed by atoms with Crippen LogP contribution in [0.15, 0.2) is 29.4 Å². The standard InChI is InChI=1S/C18H29N5O/c1-18(13-24-14-18)12-21-17(19-2)22-15-6-9-23(10-7-15)11-16-5-3-4-8-20-16/h3-5,8,15H,6-7,9-14H2,1-2H3,(H2,19,21,22). The molecule has 2 aliphatic rings. The number of piperidine rings is 1. The van der Waals surface area contributed by atoms with Gasteiger partial charge in [-0.15, -0.1) is 0 Å². The number of nitrogens with zero attached hydrogens (tertiary/aromatic N) is 3. The van der Waals surface area contributed by atoms with Crippen LogP contribution in [0.3, 0.4) is 0 Å². The van der Waals surface area contributed by atoms with Crippen molar-refractivity contribution in [1.29, 1.82) is 0 Å². The zero-order valence-corrected chi connectivity index (χ0v) is 14.8. The fourth-order valence-electron chi connectivity index (χ4n) is 3.19. The average molecular weight is 331 g/mol. The highest BCUT2D eigenvalue weighted by Crippen LogP contribution is 2.25. The molecule has 3 heterocycles. The summed E-state index contributed by atoms with van der Waals surface area (Å²) in [6, 6.07) is 6.61. The predicted octanol–water partition coefficient (Wildman–Crippen LogP) is 1.25. The second-order valence-corrected chi connectivity index (χ2v) is 7.25. The lowest BCUT2D eigenvalue weighted by Gasteiger charge is -2.39. The van der Waals surface area contributed by atoms with E-state index in [1.807, 2.05) is 19.3 Å². The Bertz CT molecular complexity index is 536. The molecule has 0 saturated carbocycles. The van der Waals surface area contributed by atoms with Crippen LogP contribution < -0.4 is 10.6 Å². The van der Waals surface area contributed by atoms with Gasteiger partial charge in [-0.05, 0) is 25.0 Å². The van der Waals surface area contributed by atoms with Gasteiger partial charge in [0.15, 0.2) is 5.96 Å². The largest absolute Gasteiger partial charge is 0.380 e. The maximum atomic E-state index is 5.30. The minimum absolute atomic E-state index is 0.254. The maximum absolute atomic E-state index is 5.30. The molecule has 0 bridgehead atoms. The van der Waals surface area contributed by atoms with E-state index in [0.717, 1.165) is 63.9 Å². The van der Waals surface area contributed by atoms with Gasteiger partial charge in [0.25, 0.3) is 0 Å². The third kappa shape index (κ3) is 4.68. The van der Waals surface area contributed by atoms with Crippen molar-refractivity contribution >= 4 is 5.96 Å². The maximum Gasteiger partial charge on any atom is 0.191 e. The van der Waals surface area contributed by atoms with Crippen molar-refractivity contribution in [1.82, 2.24) is 20.5 Å². The van der Waals surface area contributed by atoms with Crippen molar-refractivity contribution in [3.8, 4) is 0 Å². The Labute approximate surface area is 144 Å². The Morgan fingerprint density at radius 2 is 2.17 bits per heavy atom. The van der Waals surface area contributed by atoms with E-state index in [-0.39, 0.29) is 5.41 Å². The van der Waals surface area contributed by atoms with E-state index in [0.29, 0.717) is 6.04 Å². The molecule has 2 saturated heterocycles. The van der Waals surface area contributed by atoms with Crippen LogP contribution >= 0.6 is 0 Å². The van der Waals surface area contributed by atoms with Crippen LogP contribution in [0.25, 0.3) is 0 Å². The molecule has 0 radical (unpaired) electrons. The van der Waals surface area contributed by atoms with Gasteiger partial charge in [-0.3, -0.25) is 14.9 Å². The van der Waals surface area contributed by atoms with Crippen LogP contribution in [0.2, 0.25) is 0 Å². The van der Waals surface area contributed by atoms with Crippen LogP contribution in [-0.2, 0) is 11.3 Å². The number of nitrogens with one attached hydrogen (secondary N) is 2. The second kappa shape index (κ2) is 7.94. The molecular weight excluding hydrogens is 302 g/mol. The average Bonchev–Trinajstić information content (AvgIpc) is 2.59. The number of hydrogen-bond acceptors (Lipinski definition) is 4. The molecule has 0 aromatic carbocycles. The molecule has 0 unspecified atom stereocenters. The molecule has 2 N–H and O–H groups in total. The topological polar surface area (TPSA) is 61.8 Å². The molecule has 0 spiro atoms. The van der Waals surface area contributed by atoms with E-state index < -0.39 is 0 Å². The van der Waals surface area contributed by atoms with Crippen molar-refractivity contribution in [3.63, 3.8) is 0 Å². The highest BCUT2D eigenvalue weighted by Gasteiger charge is 2.33. The van der Waals surface area contributed by atoms with Crippen molar-refractivity contribution in [2.45, 2.75) is 32.4 Å². The summed E-state index contributed by atoms with van der Waals surface area (Å²) in [6.45, 7) is 7.95. The minimum Gasteiger partial charge on any atom is -0.380 e. The molecule has 6 nitrogen and oxygen atoms in total. The van der Waals surface area contributed by atoms with E-state index in [1.54, 1.807) is 0 Å². The van der Waals surface area contributed by atoms with Crippen molar-refractivity contribution in [3.05, 3.63) is 30.1 Å². The Kier molecular flexibility index (Phi) is 5.68. The number of aromatic nitrogens is 1. The van der Waals surface area contributed by atoms with E-state index in [1.165, 1.54) is 0 Å². The highest BCUT2D eigenvalue weighted by molar-refractivity contribution is 5.80. The van der Waals surface area contributed by atoms with Gasteiger partial charge in [-0.25, -0.2) is 0 Å². The normalized spacial score (nSPS) is 22.0. The number of aliphatic imine (C=N–C) groups is 1. The van der Waals surface area contributed by atoms with E-state index in [9.17, 15) is 0 Å². The van der Waals surface area contributed by atoms with Crippen LogP contribution in [-0.4, -0.2) is 61.8 Å². The van der Waals surface area contributed by atoms with Gasteiger partial charge < -0.3 is 15.4 Å². The molecule has 3 rings (SSSR count). The molecule has 1 aromatic rings. The van der Waals surface area contributed by atoms with Gasteiger partial charge in [0.05, 0.1) is 18.9 Å². The van der Waals surface area contributed by atoms with Gasteiger partial charge in [0.1, 0.15) is 0 Å². The predicted molar refractivity (Wildman–Crippen MR) is 96.0 cm³/mol. The third-order valence-electron chi connectivity index (χ3n) is 4.85. The summed E-state index contributed by atoms with van der Waals surface area (Å²) in [5.74, 6) is 0.909. The highest BCUT2D eigenvalue weighted by atomic mass is 16.5. The lowest BCUT2D eigenvalue weighted by molar-refractivity contribution is -0.0971. The first kappa shape index (κ1) is 17.2. The van der Waals surface area contributed by atoms with Crippen molar-refractivity contribution in [2.24, 2.45) is 10.4 Å². The van der Waals surface area contributed by atoms with Gasteiger partial charge in [0, 0.05) is 50.9 Å². The Hall–Kier alpha value is -1.66. The van der Waals surface area contributed by atoms with Crippen LogP contribution in [0.5, 0.6) is 0 Å². The smallest absolute Gasteiger partial charge is 0.191 e. The molecule has 0 amide bonds. The van der Waals surface area contributed by atoms with Crippen molar-refractivity contribution in [2.75, 3.05) is 39.9 Å². The molecule has 1 aromatic heterocycles. The number of likely N-dealkylation sites (tertiary alicyclic amines) is 1. The van der Waals surface area contributed by atoms with E-state index in [2.05, 4.69) is 44.6 Å². The van der Waals surface area contributed by atoms with Gasteiger partial charge in [-0.2, -0.15) is 0 Å². The molecule has 2 fully saturated rings. The number of rotatable bonds is 5. The number of hydrogen-bond donors (Lipinski definition) is 2. The van der Waals surface area contributed by atoms with E-state index in [4.69, 9.17) is 4.74 Å². The lowest BCUT2D eigenvalue weighted by atomic mass is 9.89. The Morgan fingerprint density at radius 1 is 1.38 bits per heavy atom. The zero-order chi connectivity index (χ0) is 16.8. The van der Waals surface area contributed by atoms with Crippen molar-refractivity contribution < 1.29 is 4.74 Å². The van der Waals surface area contributed by atoms with Gasteiger partial charge in [-0.1, -0.05) is 13.0 Å². The number of pyridine rings is 1. The van der Waals surface area contributed by atoms with E-state index >= 15 is 0 Å². The molecule has 0 aliphatic carbocycles. The lowest BCUT2D eigenvalue weighted by Crippen LogP contribution is -2.53. The van der Waals surface area contributed by atoms with Gasteiger partial charge in [0.2, 0.25) is 0 Å². The molecule has 0 atom stereocenters. The molecule has 132 valence electrons. The van der Waals surface area contributed by atoms with Crippen LogP contribution in [0.1, 0.15) is 25.5 Å². The number of ether oxygens (including phenoxy) is 1. The first-order chi connectivity index (χ1) is 11.7. The monoisotopic (exact) mass is 331 g/mol. The quantitative estimate of drug-likeness (QED) is 0.628. The number of guanidine groups is 1. The fourth-order valence-corrected chi connectivity index (χ4v) is 3.19. The summed E-state index contributed by atoms with van der Waals surface area (Å²) in [5.41, 5.74) is 1.40. The summed E-state index contributed by atoms with van der Waals surface area (Å²) in [6.07, 6.45) is 4.13. The third-order valence-corrected chi connectivity index (χ3v) is 4.85. The fraction of sp³-hybridized carbons (Fsp3) is 0.667. The summed E-state index contributed by atoms with van der Waals surface area (Å²) in [5, 5.41) is 7.01. The second-order valence-electron chi connectivity index (χ2n) is 7.25. The van der Waals surface area contributed by atoms with Crippen LogP contribution in [0.4, 0.5) is 0 Å². The van der Waals surface area contributed by atoms with Gasteiger partial charge >= 0.3 is 0 Å². The minimum atomic E-state index is 0.254. The first-order valence-corrected chi connectivity index (χ1v) is 8.84. The summed E-state index contributed by atoms with van der Waals surface area (Å²) < 4.78 is 5.30. The molecular formula is C18H29N5O. The molecule has 6 heteroatoms. The summed E-state index contributed by atoms with van der Waals surface area (Å²) in [7, 11) is 1.84. The van der Waals surface area contributed by atoms with Crippen LogP contribution in [0, 0.1) is 5.41 Å². The molecule has 24 heavy (non-hydrogen) atoms. The SMILES string of the molecule is CN=C(NCC1(C)COC1)NC1CCN(Cc2ccccn2)CC1. The molecule has 2 aliphatic heterocycles. The Morgan fingerprint density at radius 3 is 2.75 bits per heavy atom. The zero-order valence-electron chi connectivity index (χ0n) is 14.8. The summed E-state index contributed by atoms with van der Waals surface area (Å²) >= 11 is 0. The summed E-state index contributed by atoms with van der Waals surface area (Å²) in [4.78, 5) is 11.3. The Balaban J connectivity index is 1.39. The first-order valence-electron chi connectivity index (χ1n) is 8.84.